The summed E-state index contributed by atoms with van der Waals surface area (Å²) in [6, 6.07) is 4.64. The van der Waals surface area contributed by atoms with Crippen molar-refractivity contribution in [1.29, 1.82) is 0 Å². The van der Waals surface area contributed by atoms with Crippen molar-refractivity contribution >= 4 is 46.8 Å². The molecular formula is C14H15Cl2N5O2S. The molecule has 1 aromatic carbocycles. The van der Waals surface area contributed by atoms with E-state index < -0.39 is 5.91 Å². The molecule has 0 atom stereocenters. The molecule has 0 aliphatic heterocycles. The van der Waals surface area contributed by atoms with E-state index in [0.29, 0.717) is 33.1 Å². The van der Waals surface area contributed by atoms with Crippen LogP contribution in [0, 0.1) is 0 Å². The van der Waals surface area contributed by atoms with Crippen molar-refractivity contribution in [3.63, 3.8) is 0 Å². The number of nitrogens with one attached hydrogen (secondary N) is 1. The maximum absolute atomic E-state index is 12.2. The monoisotopic (exact) mass is 387 g/mol. The number of benzene rings is 1. The first-order valence-electron chi connectivity index (χ1n) is 6.98. The summed E-state index contributed by atoms with van der Waals surface area (Å²) in [7, 11) is 0. The topological polar surface area (TPSA) is 103 Å². The zero-order chi connectivity index (χ0) is 17.7. The van der Waals surface area contributed by atoms with Crippen LogP contribution in [0.1, 0.15) is 23.1 Å². The zero-order valence-corrected chi connectivity index (χ0v) is 15.1. The molecule has 0 saturated heterocycles. The molecule has 1 aromatic heterocycles. The smallest absolute Gasteiger partial charge is 0.251 e. The summed E-state index contributed by atoms with van der Waals surface area (Å²) >= 11 is 12.9. The van der Waals surface area contributed by atoms with Gasteiger partial charge in [-0.05, 0) is 25.1 Å². The number of hydrogen-bond donors (Lipinski definition) is 2. The van der Waals surface area contributed by atoms with Gasteiger partial charge in [0, 0.05) is 12.1 Å². The van der Waals surface area contributed by atoms with Gasteiger partial charge >= 0.3 is 0 Å². The van der Waals surface area contributed by atoms with E-state index in [9.17, 15) is 9.59 Å². The molecule has 0 saturated carbocycles. The lowest BCUT2D eigenvalue weighted by Crippen LogP contribution is -2.24. The summed E-state index contributed by atoms with van der Waals surface area (Å²) in [5.74, 6) is -0.0307. The average Bonchev–Trinajstić information content (AvgIpc) is 2.95. The number of nitrogens with zero attached hydrogens (tertiary/aromatic N) is 3. The molecule has 2 amide bonds. The number of nitrogens with two attached hydrogens (primary N) is 1. The van der Waals surface area contributed by atoms with Crippen molar-refractivity contribution in [3.05, 3.63) is 39.6 Å². The molecule has 0 fully saturated rings. The minimum atomic E-state index is -0.430. The molecule has 1 heterocycles. The molecule has 128 valence electrons. The number of hydrogen-bond acceptors (Lipinski definition) is 5. The predicted molar refractivity (Wildman–Crippen MR) is 93.2 cm³/mol. The van der Waals surface area contributed by atoms with E-state index in [4.69, 9.17) is 28.9 Å². The summed E-state index contributed by atoms with van der Waals surface area (Å²) in [6.07, 6.45) is 0. The van der Waals surface area contributed by atoms with Gasteiger partial charge in [-0.2, -0.15) is 0 Å². The van der Waals surface area contributed by atoms with Gasteiger partial charge in [-0.1, -0.05) is 35.0 Å². The van der Waals surface area contributed by atoms with Crippen LogP contribution in [0.5, 0.6) is 0 Å². The molecule has 3 N–H and O–H groups in total. The molecule has 0 spiro atoms. The van der Waals surface area contributed by atoms with Crippen molar-refractivity contribution in [2.45, 2.75) is 25.2 Å². The predicted octanol–water partition coefficient (Wildman–Crippen LogP) is 2.11. The lowest BCUT2D eigenvalue weighted by Gasteiger charge is -2.08. The number of thioether (sulfide) groups is 1. The first-order valence-corrected chi connectivity index (χ1v) is 8.73. The van der Waals surface area contributed by atoms with E-state index in [1.165, 1.54) is 17.8 Å². The summed E-state index contributed by atoms with van der Waals surface area (Å²) in [5.41, 5.74) is 5.53. The van der Waals surface area contributed by atoms with Gasteiger partial charge in [0.25, 0.3) is 5.91 Å². The van der Waals surface area contributed by atoms with Gasteiger partial charge in [0.2, 0.25) is 5.91 Å². The third kappa shape index (κ3) is 4.62. The van der Waals surface area contributed by atoms with Crippen molar-refractivity contribution in [1.82, 2.24) is 20.1 Å². The van der Waals surface area contributed by atoms with Gasteiger partial charge in [-0.25, -0.2) is 0 Å². The summed E-state index contributed by atoms with van der Waals surface area (Å²) in [6.45, 7) is 2.71. The van der Waals surface area contributed by atoms with Gasteiger partial charge in [0.1, 0.15) is 0 Å². The molecule has 0 unspecified atom stereocenters. The number of aromatic nitrogens is 3. The van der Waals surface area contributed by atoms with Crippen LogP contribution in [0.2, 0.25) is 10.0 Å². The van der Waals surface area contributed by atoms with Crippen LogP contribution in [-0.4, -0.2) is 32.3 Å². The van der Waals surface area contributed by atoms with Crippen LogP contribution in [0.4, 0.5) is 0 Å². The first kappa shape index (κ1) is 18.6. The quantitative estimate of drug-likeness (QED) is 0.708. The standard InChI is InChI=1S/C14H15Cl2N5O2S/c1-2-21-12(19-20-14(21)24-7-11(17)22)6-18-13(23)8-3-4-9(15)10(16)5-8/h3-5H,2,6-7H2,1H3,(H2,17,22)(H,18,23). The Hall–Kier alpha value is -1.77. The minimum Gasteiger partial charge on any atom is -0.369 e. The summed E-state index contributed by atoms with van der Waals surface area (Å²) in [5, 5.41) is 12.1. The fraction of sp³-hybridized carbons (Fsp3) is 0.286. The Morgan fingerprint density at radius 2 is 2.04 bits per heavy atom. The second kappa shape index (κ2) is 8.36. The molecule has 7 nitrogen and oxygen atoms in total. The summed E-state index contributed by atoms with van der Waals surface area (Å²) in [4.78, 5) is 23.0. The molecule has 0 aliphatic rings. The van der Waals surface area contributed by atoms with E-state index >= 15 is 0 Å². The van der Waals surface area contributed by atoms with Crippen LogP contribution in [0.3, 0.4) is 0 Å². The van der Waals surface area contributed by atoms with Crippen LogP contribution >= 0.6 is 35.0 Å². The van der Waals surface area contributed by atoms with Gasteiger partial charge < -0.3 is 15.6 Å². The lowest BCUT2D eigenvalue weighted by molar-refractivity contribution is -0.115. The van der Waals surface area contributed by atoms with Gasteiger partial charge in [-0.15, -0.1) is 10.2 Å². The minimum absolute atomic E-state index is 0.119. The third-order valence-electron chi connectivity index (χ3n) is 3.04. The molecular weight excluding hydrogens is 373 g/mol. The fourth-order valence-corrected chi connectivity index (χ4v) is 2.97. The first-order chi connectivity index (χ1) is 11.4. The highest BCUT2D eigenvalue weighted by Gasteiger charge is 2.14. The number of carbonyl (C=O) groups is 2. The highest BCUT2D eigenvalue weighted by Crippen LogP contribution is 2.22. The Morgan fingerprint density at radius 1 is 1.29 bits per heavy atom. The van der Waals surface area contributed by atoms with E-state index in [0.717, 1.165) is 0 Å². The van der Waals surface area contributed by atoms with Crippen molar-refractivity contribution in [2.24, 2.45) is 5.73 Å². The van der Waals surface area contributed by atoms with E-state index in [1.54, 1.807) is 12.1 Å². The number of halogens is 2. The number of rotatable bonds is 7. The Bertz CT molecular complexity index is 766. The molecule has 2 rings (SSSR count). The van der Waals surface area contributed by atoms with Gasteiger partial charge in [0.05, 0.1) is 22.3 Å². The molecule has 2 aromatic rings. The largest absolute Gasteiger partial charge is 0.369 e. The maximum atomic E-state index is 12.2. The Balaban J connectivity index is 2.04. The van der Waals surface area contributed by atoms with E-state index in [2.05, 4.69) is 15.5 Å². The van der Waals surface area contributed by atoms with Gasteiger partial charge in [-0.3, -0.25) is 9.59 Å². The second-order valence-corrected chi connectivity index (χ2v) is 6.47. The van der Waals surface area contributed by atoms with E-state index in [-0.39, 0.29) is 18.2 Å². The molecule has 0 radical (unpaired) electrons. The fourth-order valence-electron chi connectivity index (χ4n) is 1.91. The Morgan fingerprint density at radius 3 is 2.67 bits per heavy atom. The van der Waals surface area contributed by atoms with Gasteiger partial charge in [0.15, 0.2) is 11.0 Å². The normalized spacial score (nSPS) is 10.6. The van der Waals surface area contributed by atoms with Crippen LogP contribution in [-0.2, 0) is 17.9 Å². The third-order valence-corrected chi connectivity index (χ3v) is 4.77. The second-order valence-electron chi connectivity index (χ2n) is 4.71. The average molecular weight is 388 g/mol. The molecule has 10 heteroatoms. The number of carbonyl (C=O) groups excluding carboxylic acids is 2. The summed E-state index contributed by atoms with van der Waals surface area (Å²) < 4.78 is 1.81. The van der Waals surface area contributed by atoms with Crippen molar-refractivity contribution in [3.8, 4) is 0 Å². The SMILES string of the molecule is CCn1c(CNC(=O)c2ccc(Cl)c(Cl)c2)nnc1SCC(N)=O. The zero-order valence-electron chi connectivity index (χ0n) is 12.8. The maximum Gasteiger partial charge on any atom is 0.251 e. The van der Waals surface area contributed by atoms with Crippen LogP contribution in [0.15, 0.2) is 23.4 Å². The van der Waals surface area contributed by atoms with Crippen molar-refractivity contribution < 1.29 is 9.59 Å². The Kier molecular flexibility index (Phi) is 6.47. The highest BCUT2D eigenvalue weighted by atomic mass is 35.5. The van der Waals surface area contributed by atoms with Crippen LogP contribution in [0.25, 0.3) is 0 Å². The lowest BCUT2D eigenvalue weighted by atomic mass is 10.2. The van der Waals surface area contributed by atoms with Crippen LogP contribution < -0.4 is 11.1 Å². The van der Waals surface area contributed by atoms with E-state index in [1.807, 2.05) is 11.5 Å². The number of amides is 2. The Labute approximate surface area is 152 Å². The van der Waals surface area contributed by atoms with Crippen molar-refractivity contribution in [2.75, 3.05) is 5.75 Å². The molecule has 0 bridgehead atoms. The highest BCUT2D eigenvalue weighted by molar-refractivity contribution is 7.99. The number of primary amides is 1. The molecule has 0 aliphatic carbocycles. The molecule has 24 heavy (non-hydrogen) atoms.